The molecule has 0 fully saturated rings. The Morgan fingerprint density at radius 1 is 1.11 bits per heavy atom. The van der Waals surface area contributed by atoms with Crippen molar-refractivity contribution >= 4 is 23.5 Å². The minimum atomic E-state index is 0.554. The van der Waals surface area contributed by atoms with E-state index in [-0.39, 0.29) is 0 Å². The molecule has 0 atom stereocenters. The quantitative estimate of drug-likeness (QED) is 0.366. The van der Waals surface area contributed by atoms with Crippen LogP contribution in [0, 0.1) is 5.21 Å². The average molecular weight is 276 g/mol. The highest BCUT2D eigenvalue weighted by Gasteiger charge is 2.02. The molecule has 0 heterocycles. The van der Waals surface area contributed by atoms with Crippen molar-refractivity contribution in [1.29, 1.82) is 0 Å². The average Bonchev–Trinajstić information content (AvgIpc) is 2.42. The molecule has 0 unspecified atom stereocenters. The zero-order chi connectivity index (χ0) is 13.7. The number of rotatable bonds is 4. The molecule has 0 saturated heterocycles. The van der Waals surface area contributed by atoms with Gasteiger partial charge < -0.3 is 9.94 Å². The molecule has 0 N–H and O–H groups in total. The van der Waals surface area contributed by atoms with Crippen molar-refractivity contribution < 1.29 is 9.48 Å². The molecule has 0 bridgehead atoms. The minimum Gasteiger partial charge on any atom is -0.618 e. The number of hydrogen-bond acceptors (Lipinski definition) is 2. The summed E-state index contributed by atoms with van der Waals surface area (Å²) in [5, 5.41) is 12.6. The van der Waals surface area contributed by atoms with Crippen LogP contribution in [0.1, 0.15) is 12.5 Å². The molecule has 0 amide bonds. The second-order valence-corrected chi connectivity index (χ2v) is 4.37. The summed E-state index contributed by atoms with van der Waals surface area (Å²) in [5.74, 6) is 0.756. The lowest BCUT2D eigenvalue weighted by Gasteiger charge is -2.05. The Morgan fingerprint density at radius 2 is 1.74 bits per heavy atom. The summed E-state index contributed by atoms with van der Waals surface area (Å²) >= 11 is 5.79. The smallest absolute Gasteiger partial charge is 0.216 e. The van der Waals surface area contributed by atoms with Gasteiger partial charge in [-0.05, 0) is 43.3 Å². The predicted molar refractivity (Wildman–Crippen MR) is 77.5 cm³/mol. The first-order valence-corrected chi connectivity index (χ1v) is 6.36. The van der Waals surface area contributed by atoms with E-state index in [0.29, 0.717) is 17.3 Å². The minimum absolute atomic E-state index is 0.554. The molecule has 19 heavy (non-hydrogen) atoms. The summed E-state index contributed by atoms with van der Waals surface area (Å²) in [4.78, 5) is 0. The molecular formula is C15H14ClNO2. The summed E-state index contributed by atoms with van der Waals surface area (Å²) in [7, 11) is 0. The summed E-state index contributed by atoms with van der Waals surface area (Å²) in [6.45, 7) is 2.53. The fourth-order valence-electron chi connectivity index (χ4n) is 1.61. The molecule has 0 saturated carbocycles. The Kier molecular flexibility index (Phi) is 4.42. The maximum atomic E-state index is 12.0. The molecule has 0 aliphatic rings. The van der Waals surface area contributed by atoms with E-state index in [2.05, 4.69) is 0 Å². The van der Waals surface area contributed by atoms with E-state index in [1.807, 2.05) is 6.92 Å². The SMILES string of the molecule is CCOc1ccc([N+]([O-])=Cc2ccc(Cl)cc2)cc1. The zero-order valence-electron chi connectivity index (χ0n) is 10.5. The first-order valence-electron chi connectivity index (χ1n) is 5.98. The second kappa shape index (κ2) is 6.25. The third-order valence-corrected chi connectivity index (χ3v) is 2.79. The largest absolute Gasteiger partial charge is 0.618 e. The van der Waals surface area contributed by atoms with E-state index in [1.54, 1.807) is 48.5 Å². The van der Waals surface area contributed by atoms with Crippen LogP contribution in [-0.2, 0) is 0 Å². The monoisotopic (exact) mass is 275 g/mol. The van der Waals surface area contributed by atoms with Crippen molar-refractivity contribution in [3.8, 4) is 5.75 Å². The van der Waals surface area contributed by atoms with Gasteiger partial charge in [0, 0.05) is 22.7 Å². The van der Waals surface area contributed by atoms with E-state index in [1.165, 1.54) is 6.21 Å². The van der Waals surface area contributed by atoms with Crippen molar-refractivity contribution in [1.82, 2.24) is 0 Å². The van der Waals surface area contributed by atoms with E-state index >= 15 is 0 Å². The van der Waals surface area contributed by atoms with Crippen LogP contribution in [0.25, 0.3) is 0 Å². The van der Waals surface area contributed by atoms with Gasteiger partial charge in [0.2, 0.25) is 5.69 Å². The van der Waals surface area contributed by atoms with Crippen LogP contribution >= 0.6 is 11.6 Å². The topological polar surface area (TPSA) is 35.3 Å². The van der Waals surface area contributed by atoms with Crippen molar-refractivity contribution in [3.05, 3.63) is 64.3 Å². The van der Waals surface area contributed by atoms with Gasteiger partial charge in [-0.15, -0.1) is 0 Å². The summed E-state index contributed by atoms with van der Waals surface area (Å²) in [6.07, 6.45) is 1.51. The van der Waals surface area contributed by atoms with Crippen molar-refractivity contribution in [2.75, 3.05) is 6.61 Å². The van der Waals surface area contributed by atoms with E-state index < -0.39 is 0 Å². The third kappa shape index (κ3) is 3.73. The lowest BCUT2D eigenvalue weighted by molar-refractivity contribution is -0.354. The highest BCUT2D eigenvalue weighted by atomic mass is 35.5. The van der Waals surface area contributed by atoms with Crippen LogP contribution in [0.3, 0.4) is 0 Å². The molecule has 0 radical (unpaired) electrons. The molecule has 2 rings (SSSR count). The first-order chi connectivity index (χ1) is 9.19. The van der Waals surface area contributed by atoms with Crippen molar-refractivity contribution in [3.63, 3.8) is 0 Å². The molecule has 0 aliphatic heterocycles. The van der Waals surface area contributed by atoms with E-state index in [9.17, 15) is 5.21 Å². The van der Waals surface area contributed by atoms with Gasteiger partial charge in [0.05, 0.1) is 6.61 Å². The Labute approximate surface area is 117 Å². The molecule has 0 aromatic heterocycles. The molecule has 3 nitrogen and oxygen atoms in total. The van der Waals surface area contributed by atoms with Crippen LogP contribution in [0.5, 0.6) is 5.75 Å². The van der Waals surface area contributed by atoms with Gasteiger partial charge >= 0.3 is 0 Å². The Balaban J connectivity index is 2.18. The van der Waals surface area contributed by atoms with Gasteiger partial charge in [-0.3, -0.25) is 0 Å². The van der Waals surface area contributed by atoms with Gasteiger partial charge in [0.15, 0.2) is 6.21 Å². The Morgan fingerprint density at radius 3 is 2.32 bits per heavy atom. The highest BCUT2D eigenvalue weighted by molar-refractivity contribution is 6.30. The van der Waals surface area contributed by atoms with Gasteiger partial charge in [-0.1, -0.05) is 11.6 Å². The van der Waals surface area contributed by atoms with Gasteiger partial charge in [0.25, 0.3) is 0 Å². The molecule has 4 heteroatoms. The van der Waals surface area contributed by atoms with Crippen LogP contribution in [0.2, 0.25) is 5.02 Å². The number of benzene rings is 2. The number of hydrogen-bond donors (Lipinski definition) is 0. The summed E-state index contributed by atoms with van der Waals surface area (Å²) in [6, 6.07) is 14.1. The van der Waals surface area contributed by atoms with Gasteiger partial charge in [-0.2, -0.15) is 4.74 Å². The van der Waals surface area contributed by atoms with Gasteiger partial charge in [0.1, 0.15) is 5.75 Å². The Bertz CT molecular complexity index is 562. The maximum absolute atomic E-state index is 12.0. The number of ether oxygens (including phenoxy) is 1. The number of halogens is 1. The Hall–Kier alpha value is -2.00. The lowest BCUT2D eigenvalue weighted by atomic mass is 10.2. The molecule has 0 spiro atoms. The molecule has 98 valence electrons. The number of nitrogens with zero attached hydrogens (tertiary/aromatic N) is 1. The van der Waals surface area contributed by atoms with Crippen LogP contribution in [0.4, 0.5) is 5.69 Å². The predicted octanol–water partition coefficient (Wildman–Crippen LogP) is 4.00. The van der Waals surface area contributed by atoms with Crippen LogP contribution in [0.15, 0.2) is 48.5 Å². The molecular weight excluding hydrogens is 262 g/mol. The van der Waals surface area contributed by atoms with E-state index in [4.69, 9.17) is 16.3 Å². The highest BCUT2D eigenvalue weighted by Crippen LogP contribution is 2.17. The second-order valence-electron chi connectivity index (χ2n) is 3.93. The normalized spacial score (nSPS) is 11.4. The first kappa shape index (κ1) is 13.4. The lowest BCUT2D eigenvalue weighted by Crippen LogP contribution is -1.99. The summed E-state index contributed by atoms with van der Waals surface area (Å²) < 4.78 is 6.15. The fourth-order valence-corrected chi connectivity index (χ4v) is 1.74. The third-order valence-electron chi connectivity index (χ3n) is 2.54. The molecule has 2 aromatic rings. The van der Waals surface area contributed by atoms with Gasteiger partial charge in [-0.25, -0.2) is 0 Å². The standard InChI is InChI=1S/C15H14ClNO2/c1-2-19-15-9-7-14(8-10-15)17(18)11-12-3-5-13(16)6-4-12/h3-11H,2H2,1H3. The maximum Gasteiger partial charge on any atom is 0.216 e. The summed E-state index contributed by atoms with van der Waals surface area (Å²) in [5.41, 5.74) is 1.35. The molecule has 2 aromatic carbocycles. The van der Waals surface area contributed by atoms with E-state index in [0.717, 1.165) is 16.1 Å². The van der Waals surface area contributed by atoms with Crippen molar-refractivity contribution in [2.24, 2.45) is 0 Å². The van der Waals surface area contributed by atoms with Crippen molar-refractivity contribution in [2.45, 2.75) is 6.92 Å². The zero-order valence-corrected chi connectivity index (χ0v) is 11.3. The molecule has 0 aliphatic carbocycles. The van der Waals surface area contributed by atoms with Crippen LogP contribution < -0.4 is 4.74 Å². The fraction of sp³-hybridized carbons (Fsp3) is 0.133. The van der Waals surface area contributed by atoms with Crippen LogP contribution in [-0.4, -0.2) is 17.6 Å².